The van der Waals surface area contributed by atoms with Crippen molar-refractivity contribution in [2.24, 2.45) is 0 Å². The van der Waals surface area contributed by atoms with E-state index < -0.39 is 0 Å². The van der Waals surface area contributed by atoms with E-state index in [1.165, 1.54) is 5.56 Å². The minimum absolute atomic E-state index is 0.810. The van der Waals surface area contributed by atoms with Crippen LogP contribution >= 0.6 is 0 Å². The van der Waals surface area contributed by atoms with E-state index in [2.05, 4.69) is 13.0 Å². The lowest BCUT2D eigenvalue weighted by atomic mass is 9.85. The Labute approximate surface area is 67.8 Å². The van der Waals surface area contributed by atoms with Crippen LogP contribution in [-0.2, 0) is 6.42 Å². The van der Waals surface area contributed by atoms with Gasteiger partial charge in [-0.3, -0.25) is 4.79 Å². The van der Waals surface area contributed by atoms with Gasteiger partial charge < -0.3 is 0 Å². The molecule has 0 N–H and O–H groups in total. The molecule has 0 saturated carbocycles. The Morgan fingerprint density at radius 3 is 2.82 bits per heavy atom. The second-order valence-electron chi connectivity index (χ2n) is 2.60. The van der Waals surface area contributed by atoms with Crippen LogP contribution in [0, 0.1) is 0 Å². The molecule has 0 saturated heterocycles. The normalized spacial score (nSPS) is 9.55. The average molecular weight is 146 g/mol. The average Bonchev–Trinajstić information content (AvgIpc) is 2.05. The van der Waals surface area contributed by atoms with Crippen molar-refractivity contribution in [2.45, 2.75) is 13.3 Å². The van der Waals surface area contributed by atoms with Crippen LogP contribution in [0.5, 0.6) is 0 Å². The van der Waals surface area contributed by atoms with E-state index in [1.807, 2.05) is 20.0 Å². The van der Waals surface area contributed by atoms with E-state index in [1.54, 1.807) is 0 Å². The molecule has 1 aromatic carbocycles. The lowest BCUT2D eigenvalue weighted by Crippen LogP contribution is -2.14. The monoisotopic (exact) mass is 146 g/mol. The van der Waals surface area contributed by atoms with Crippen molar-refractivity contribution >= 4 is 19.6 Å². The number of benzene rings is 1. The Balaban J connectivity index is 3.20. The van der Waals surface area contributed by atoms with E-state index in [-0.39, 0.29) is 0 Å². The molecule has 0 unspecified atom stereocenters. The van der Waals surface area contributed by atoms with Crippen molar-refractivity contribution in [1.82, 2.24) is 0 Å². The van der Waals surface area contributed by atoms with Crippen molar-refractivity contribution in [3.8, 4) is 0 Å². The first kappa shape index (κ1) is 8.06. The van der Waals surface area contributed by atoms with Gasteiger partial charge in [0.15, 0.2) is 0 Å². The Hall–Kier alpha value is -1.05. The molecule has 0 radical (unpaired) electrons. The second kappa shape index (κ2) is 3.38. The molecule has 0 aliphatic rings. The van der Waals surface area contributed by atoms with Crippen LogP contribution in [-0.4, -0.2) is 14.1 Å². The Morgan fingerprint density at radius 1 is 1.55 bits per heavy atom. The zero-order valence-electron chi connectivity index (χ0n) is 6.92. The predicted molar refractivity (Wildman–Crippen MR) is 49.4 cm³/mol. The largest absolute Gasteiger partial charge is 0.298 e. The van der Waals surface area contributed by atoms with Crippen molar-refractivity contribution in [3.63, 3.8) is 0 Å². The van der Waals surface area contributed by atoms with Gasteiger partial charge in [-0.05, 0) is 6.42 Å². The number of carbonyl (C=O) groups is 1. The second-order valence-corrected chi connectivity index (χ2v) is 2.60. The summed E-state index contributed by atoms with van der Waals surface area (Å²) in [4.78, 5) is 10.5. The number of hydrogen-bond donors (Lipinski definition) is 0. The fourth-order valence-corrected chi connectivity index (χ4v) is 1.21. The topological polar surface area (TPSA) is 17.1 Å². The molecular weight excluding hydrogens is 135 g/mol. The summed E-state index contributed by atoms with van der Waals surface area (Å²) >= 11 is 0. The molecule has 0 aliphatic heterocycles. The van der Waals surface area contributed by atoms with E-state index >= 15 is 0 Å². The van der Waals surface area contributed by atoms with Crippen molar-refractivity contribution < 1.29 is 4.79 Å². The van der Waals surface area contributed by atoms with Crippen LogP contribution in [0.25, 0.3) is 0 Å². The highest BCUT2D eigenvalue weighted by Gasteiger charge is 1.99. The SMILES string of the molecule is Bc1c(C=O)cccc1CC. The van der Waals surface area contributed by atoms with Gasteiger partial charge in [0.2, 0.25) is 0 Å². The van der Waals surface area contributed by atoms with Crippen molar-refractivity contribution in [2.75, 3.05) is 0 Å². The Morgan fingerprint density at radius 2 is 2.27 bits per heavy atom. The summed E-state index contributed by atoms with van der Waals surface area (Å²) in [5, 5.41) is 0. The van der Waals surface area contributed by atoms with Gasteiger partial charge in [0.25, 0.3) is 0 Å². The van der Waals surface area contributed by atoms with Crippen LogP contribution in [0.2, 0.25) is 0 Å². The minimum atomic E-state index is 0.810. The summed E-state index contributed by atoms with van der Waals surface area (Å²) in [6, 6.07) is 5.83. The number of aryl methyl sites for hydroxylation is 1. The molecule has 0 heterocycles. The van der Waals surface area contributed by atoms with Crippen molar-refractivity contribution in [3.05, 3.63) is 29.3 Å². The molecule has 56 valence electrons. The van der Waals surface area contributed by atoms with Crippen LogP contribution in [0.1, 0.15) is 22.8 Å². The van der Waals surface area contributed by atoms with Crippen molar-refractivity contribution in [1.29, 1.82) is 0 Å². The summed E-state index contributed by atoms with van der Waals surface area (Å²) < 4.78 is 0. The first-order valence-electron chi connectivity index (χ1n) is 3.83. The zero-order chi connectivity index (χ0) is 8.27. The standard InChI is InChI=1S/C9H11BO/c1-2-7-4-3-5-8(6-11)9(7)10/h3-6H,2,10H2,1H3. The smallest absolute Gasteiger partial charge is 0.149 e. The zero-order valence-corrected chi connectivity index (χ0v) is 6.92. The van der Waals surface area contributed by atoms with E-state index in [0.717, 1.165) is 23.7 Å². The lowest BCUT2D eigenvalue weighted by molar-refractivity contribution is 0.112. The van der Waals surface area contributed by atoms with Gasteiger partial charge in [0.05, 0.1) is 0 Å². The predicted octanol–water partition coefficient (Wildman–Crippen LogP) is 0.320. The van der Waals surface area contributed by atoms with Gasteiger partial charge in [0, 0.05) is 5.56 Å². The molecule has 0 fully saturated rings. The summed E-state index contributed by atoms with van der Waals surface area (Å²) in [5.41, 5.74) is 3.18. The molecule has 0 atom stereocenters. The quantitative estimate of drug-likeness (QED) is 0.433. The minimum Gasteiger partial charge on any atom is -0.298 e. The molecular formula is C9H11BO. The number of rotatable bonds is 2. The Kier molecular flexibility index (Phi) is 2.47. The molecule has 1 rings (SSSR count). The number of carbonyl (C=O) groups excluding carboxylic acids is 1. The summed E-state index contributed by atoms with van der Waals surface area (Å²) in [7, 11) is 1.99. The molecule has 0 spiro atoms. The third kappa shape index (κ3) is 1.51. The van der Waals surface area contributed by atoms with E-state index in [0.29, 0.717) is 0 Å². The maximum atomic E-state index is 10.5. The van der Waals surface area contributed by atoms with Crippen LogP contribution in [0.15, 0.2) is 18.2 Å². The van der Waals surface area contributed by atoms with Gasteiger partial charge in [-0.15, -0.1) is 0 Å². The fraction of sp³-hybridized carbons (Fsp3) is 0.222. The van der Waals surface area contributed by atoms with Crippen LogP contribution < -0.4 is 5.46 Å². The summed E-state index contributed by atoms with van der Waals surface area (Å²) in [6.07, 6.45) is 1.90. The number of aldehydes is 1. The molecule has 0 bridgehead atoms. The first-order valence-corrected chi connectivity index (χ1v) is 3.83. The maximum absolute atomic E-state index is 10.5. The molecule has 0 aromatic heterocycles. The van der Waals surface area contributed by atoms with Crippen LogP contribution in [0.3, 0.4) is 0 Å². The van der Waals surface area contributed by atoms with Gasteiger partial charge in [-0.2, -0.15) is 0 Å². The summed E-state index contributed by atoms with van der Waals surface area (Å²) in [5.74, 6) is 0. The Bertz CT molecular complexity index is 268. The lowest BCUT2D eigenvalue weighted by Gasteiger charge is -2.03. The molecule has 0 aliphatic carbocycles. The third-order valence-corrected chi connectivity index (χ3v) is 2.00. The van der Waals surface area contributed by atoms with Gasteiger partial charge in [0.1, 0.15) is 14.1 Å². The molecule has 0 amide bonds. The highest BCUT2D eigenvalue weighted by atomic mass is 16.1. The third-order valence-electron chi connectivity index (χ3n) is 2.00. The summed E-state index contributed by atoms with van der Waals surface area (Å²) in [6.45, 7) is 2.09. The highest BCUT2D eigenvalue weighted by molar-refractivity contribution is 6.36. The molecule has 11 heavy (non-hydrogen) atoms. The number of hydrogen-bond acceptors (Lipinski definition) is 1. The van der Waals surface area contributed by atoms with E-state index in [9.17, 15) is 4.79 Å². The van der Waals surface area contributed by atoms with Gasteiger partial charge in [-0.25, -0.2) is 0 Å². The first-order chi connectivity index (χ1) is 5.29. The maximum Gasteiger partial charge on any atom is 0.149 e. The molecule has 1 nitrogen and oxygen atoms in total. The van der Waals surface area contributed by atoms with E-state index in [4.69, 9.17) is 0 Å². The van der Waals surface area contributed by atoms with Gasteiger partial charge in [-0.1, -0.05) is 36.1 Å². The molecule has 2 heteroatoms. The van der Waals surface area contributed by atoms with Crippen LogP contribution in [0.4, 0.5) is 0 Å². The molecule has 1 aromatic rings. The highest BCUT2D eigenvalue weighted by Crippen LogP contribution is 1.99. The fourth-order valence-electron chi connectivity index (χ4n) is 1.21. The van der Waals surface area contributed by atoms with Gasteiger partial charge >= 0.3 is 0 Å².